The number of ether oxygens (including phenoxy) is 2. The molecule has 0 saturated carbocycles. The molecule has 0 aliphatic rings. The summed E-state index contributed by atoms with van der Waals surface area (Å²) in [6.07, 6.45) is 0. The molecule has 3 rings (SSSR count). The van der Waals surface area contributed by atoms with Gasteiger partial charge in [0.25, 0.3) is 15.9 Å². The number of amides is 1. The minimum absolute atomic E-state index is 0.0397. The van der Waals surface area contributed by atoms with Crippen LogP contribution in [0.4, 0.5) is 11.4 Å². The van der Waals surface area contributed by atoms with E-state index in [1.54, 1.807) is 36.4 Å². The highest BCUT2D eigenvalue weighted by molar-refractivity contribution is 7.92. The van der Waals surface area contributed by atoms with E-state index in [9.17, 15) is 13.2 Å². The zero-order valence-electron chi connectivity index (χ0n) is 16.3. The number of halogens is 2. The molecular weight excluding hydrogens is 463 g/mol. The topological polar surface area (TPSA) is 93.7 Å². The Kier molecular flexibility index (Phi) is 7.27. The van der Waals surface area contributed by atoms with Crippen LogP contribution in [-0.4, -0.2) is 28.0 Å². The monoisotopic (exact) mass is 480 g/mol. The van der Waals surface area contributed by atoms with Crippen molar-refractivity contribution < 1.29 is 22.7 Å². The number of hydrogen-bond acceptors (Lipinski definition) is 5. The summed E-state index contributed by atoms with van der Waals surface area (Å²) >= 11 is 11.9. The maximum absolute atomic E-state index is 12.6. The lowest BCUT2D eigenvalue weighted by Gasteiger charge is -2.11. The van der Waals surface area contributed by atoms with E-state index < -0.39 is 15.9 Å². The van der Waals surface area contributed by atoms with Crippen molar-refractivity contribution in [2.24, 2.45) is 0 Å². The molecule has 0 unspecified atom stereocenters. The van der Waals surface area contributed by atoms with Crippen LogP contribution in [0.2, 0.25) is 10.0 Å². The third kappa shape index (κ3) is 6.27. The molecule has 0 aromatic heterocycles. The van der Waals surface area contributed by atoms with Gasteiger partial charge in [-0.25, -0.2) is 8.42 Å². The number of benzene rings is 3. The number of carbonyl (C=O) groups excluding carboxylic acids is 1. The Labute approximate surface area is 189 Å². The Hall–Kier alpha value is -2.94. The van der Waals surface area contributed by atoms with E-state index in [0.717, 1.165) is 0 Å². The van der Waals surface area contributed by atoms with Gasteiger partial charge in [0.2, 0.25) is 0 Å². The highest BCUT2D eigenvalue weighted by atomic mass is 35.5. The van der Waals surface area contributed by atoms with Crippen LogP contribution >= 0.6 is 23.2 Å². The third-order valence-electron chi connectivity index (χ3n) is 4.03. The van der Waals surface area contributed by atoms with Crippen LogP contribution in [0.25, 0.3) is 0 Å². The molecule has 3 aromatic rings. The molecule has 3 aromatic carbocycles. The summed E-state index contributed by atoms with van der Waals surface area (Å²) in [4.78, 5) is 12.1. The zero-order chi connectivity index (χ0) is 22.4. The molecule has 0 saturated heterocycles. The SMILES string of the molecule is COc1cccc(NS(=O)(=O)c2ccc(OCC(=O)Nc3cc(Cl)ccc3Cl)cc2)c1. The molecule has 2 N–H and O–H groups in total. The van der Waals surface area contributed by atoms with Crippen LogP contribution in [0.15, 0.2) is 71.6 Å². The van der Waals surface area contributed by atoms with Gasteiger partial charge in [-0.15, -0.1) is 0 Å². The molecule has 0 aliphatic heterocycles. The third-order valence-corrected chi connectivity index (χ3v) is 5.99. The predicted octanol–water partition coefficient (Wildman–Crippen LogP) is 4.82. The number of methoxy groups -OCH3 is 1. The van der Waals surface area contributed by atoms with E-state index >= 15 is 0 Å². The maximum atomic E-state index is 12.6. The van der Waals surface area contributed by atoms with Crippen LogP contribution < -0.4 is 19.5 Å². The van der Waals surface area contributed by atoms with Crippen molar-refractivity contribution in [3.8, 4) is 11.5 Å². The molecule has 0 spiro atoms. The fraction of sp³-hybridized carbons (Fsp3) is 0.0952. The van der Waals surface area contributed by atoms with Crippen LogP contribution in [0.5, 0.6) is 11.5 Å². The molecule has 0 fully saturated rings. The van der Waals surface area contributed by atoms with Crippen molar-refractivity contribution in [3.63, 3.8) is 0 Å². The minimum atomic E-state index is -3.80. The second-order valence-corrected chi connectivity index (χ2v) is 8.80. The lowest BCUT2D eigenvalue weighted by Crippen LogP contribution is -2.20. The summed E-state index contributed by atoms with van der Waals surface area (Å²) in [5, 5.41) is 3.37. The zero-order valence-corrected chi connectivity index (χ0v) is 18.6. The van der Waals surface area contributed by atoms with E-state index in [-0.39, 0.29) is 11.5 Å². The van der Waals surface area contributed by atoms with E-state index in [4.69, 9.17) is 32.7 Å². The van der Waals surface area contributed by atoms with Crippen molar-refractivity contribution in [3.05, 3.63) is 76.8 Å². The fourth-order valence-electron chi connectivity index (χ4n) is 2.54. The summed E-state index contributed by atoms with van der Waals surface area (Å²) in [7, 11) is -2.31. The Morgan fingerprint density at radius 1 is 0.968 bits per heavy atom. The van der Waals surface area contributed by atoms with Gasteiger partial charge in [-0.1, -0.05) is 29.3 Å². The summed E-state index contributed by atoms with van der Waals surface area (Å²) in [5.41, 5.74) is 0.740. The molecule has 0 aliphatic carbocycles. The summed E-state index contributed by atoms with van der Waals surface area (Å²) in [6.45, 7) is -0.295. The van der Waals surface area contributed by atoms with Gasteiger partial charge < -0.3 is 14.8 Å². The van der Waals surface area contributed by atoms with E-state index in [1.807, 2.05) is 0 Å². The first-order valence-corrected chi connectivity index (χ1v) is 11.2. The smallest absolute Gasteiger partial charge is 0.262 e. The fourth-order valence-corrected chi connectivity index (χ4v) is 3.93. The van der Waals surface area contributed by atoms with E-state index in [1.165, 1.54) is 37.4 Å². The van der Waals surface area contributed by atoms with Gasteiger partial charge in [-0.3, -0.25) is 9.52 Å². The molecule has 31 heavy (non-hydrogen) atoms. The quantitative estimate of drug-likeness (QED) is 0.481. The largest absolute Gasteiger partial charge is 0.497 e. The van der Waals surface area contributed by atoms with Crippen molar-refractivity contribution in [2.75, 3.05) is 23.8 Å². The molecule has 0 atom stereocenters. The summed E-state index contributed by atoms with van der Waals surface area (Å²) < 4.78 is 38.1. The Morgan fingerprint density at radius 3 is 2.42 bits per heavy atom. The average molecular weight is 481 g/mol. The second-order valence-electron chi connectivity index (χ2n) is 6.27. The maximum Gasteiger partial charge on any atom is 0.262 e. The number of carbonyl (C=O) groups is 1. The summed E-state index contributed by atoms with van der Waals surface area (Å²) in [6, 6.07) is 16.9. The van der Waals surface area contributed by atoms with Gasteiger partial charge in [0.15, 0.2) is 6.61 Å². The molecule has 10 heteroatoms. The van der Waals surface area contributed by atoms with Gasteiger partial charge >= 0.3 is 0 Å². The summed E-state index contributed by atoms with van der Waals surface area (Å²) in [5.74, 6) is 0.412. The Morgan fingerprint density at radius 2 is 1.71 bits per heavy atom. The Balaban J connectivity index is 1.60. The Bertz CT molecular complexity index is 1180. The van der Waals surface area contributed by atoms with Crippen LogP contribution in [0.3, 0.4) is 0 Å². The lowest BCUT2D eigenvalue weighted by atomic mass is 10.3. The second kappa shape index (κ2) is 9.91. The molecular formula is C21H18Cl2N2O5S. The van der Waals surface area contributed by atoms with E-state index in [2.05, 4.69) is 10.0 Å². The highest BCUT2D eigenvalue weighted by Gasteiger charge is 2.15. The first-order chi connectivity index (χ1) is 14.8. The number of nitrogens with one attached hydrogen (secondary N) is 2. The molecule has 0 bridgehead atoms. The number of rotatable bonds is 8. The van der Waals surface area contributed by atoms with Gasteiger partial charge in [0, 0.05) is 11.1 Å². The normalized spacial score (nSPS) is 10.9. The van der Waals surface area contributed by atoms with Gasteiger partial charge in [-0.05, 0) is 54.6 Å². The van der Waals surface area contributed by atoms with Gasteiger partial charge in [-0.2, -0.15) is 0 Å². The van der Waals surface area contributed by atoms with Crippen LogP contribution in [0.1, 0.15) is 0 Å². The lowest BCUT2D eigenvalue weighted by molar-refractivity contribution is -0.118. The molecule has 7 nitrogen and oxygen atoms in total. The number of anilines is 2. The standard InChI is InChI=1S/C21H18Cl2N2O5S/c1-29-17-4-2-3-15(12-17)25-31(27,28)18-8-6-16(7-9-18)30-13-21(26)24-20-11-14(22)5-10-19(20)23/h2-12,25H,13H2,1H3,(H,24,26). The molecule has 0 heterocycles. The van der Waals surface area contributed by atoms with Gasteiger partial charge in [0.1, 0.15) is 11.5 Å². The average Bonchev–Trinajstić information content (AvgIpc) is 2.75. The van der Waals surface area contributed by atoms with Crippen LogP contribution in [-0.2, 0) is 14.8 Å². The van der Waals surface area contributed by atoms with E-state index in [0.29, 0.717) is 32.9 Å². The first kappa shape index (κ1) is 22.7. The molecule has 162 valence electrons. The molecule has 0 radical (unpaired) electrons. The number of hydrogen-bond donors (Lipinski definition) is 2. The van der Waals surface area contributed by atoms with Crippen molar-refractivity contribution in [1.29, 1.82) is 0 Å². The predicted molar refractivity (Wildman–Crippen MR) is 121 cm³/mol. The van der Waals surface area contributed by atoms with Crippen molar-refractivity contribution in [2.45, 2.75) is 4.90 Å². The highest BCUT2D eigenvalue weighted by Crippen LogP contribution is 2.25. The van der Waals surface area contributed by atoms with Crippen molar-refractivity contribution in [1.82, 2.24) is 0 Å². The minimum Gasteiger partial charge on any atom is -0.497 e. The number of sulfonamides is 1. The molecule has 1 amide bonds. The van der Waals surface area contributed by atoms with Crippen molar-refractivity contribution >= 4 is 50.5 Å². The van der Waals surface area contributed by atoms with Gasteiger partial charge in [0.05, 0.1) is 28.4 Å². The van der Waals surface area contributed by atoms with Crippen LogP contribution in [0, 0.1) is 0 Å². The first-order valence-electron chi connectivity index (χ1n) is 8.91.